The van der Waals surface area contributed by atoms with E-state index in [0.29, 0.717) is 5.65 Å². The van der Waals surface area contributed by atoms with Gasteiger partial charge in [0, 0.05) is 22.1 Å². The number of pyridine rings is 2. The average Bonchev–Trinajstić information content (AvgIpc) is 2.06. The number of aromatic nitrogens is 2. The van der Waals surface area contributed by atoms with Crippen LogP contribution in [0.4, 0.5) is 0 Å². The van der Waals surface area contributed by atoms with E-state index in [1.807, 2.05) is 13.0 Å². The van der Waals surface area contributed by atoms with Crippen molar-refractivity contribution in [3.8, 4) is 0 Å². The van der Waals surface area contributed by atoms with Gasteiger partial charge in [-0.05, 0) is 34.5 Å². The Labute approximate surface area is 82.9 Å². The first-order chi connectivity index (χ1) is 6.16. The van der Waals surface area contributed by atoms with Crippen LogP contribution in [0.1, 0.15) is 5.56 Å². The van der Waals surface area contributed by atoms with Gasteiger partial charge in [0.25, 0.3) is 0 Å². The van der Waals surface area contributed by atoms with Crippen LogP contribution in [0.25, 0.3) is 11.0 Å². The van der Waals surface area contributed by atoms with Crippen molar-refractivity contribution in [1.29, 1.82) is 0 Å². The van der Waals surface area contributed by atoms with Crippen molar-refractivity contribution in [1.82, 2.24) is 9.97 Å². The number of aromatic amines is 1. The van der Waals surface area contributed by atoms with E-state index >= 15 is 0 Å². The summed E-state index contributed by atoms with van der Waals surface area (Å²) in [6.07, 6.45) is 1.66. The summed E-state index contributed by atoms with van der Waals surface area (Å²) in [5.74, 6) is 0. The van der Waals surface area contributed by atoms with Crippen LogP contribution in [0.2, 0.25) is 0 Å². The Kier molecular flexibility index (Phi) is 1.92. The molecule has 0 saturated carbocycles. The standard InChI is InChI=1S/C9H7BrN2O/c1-5-2-8(13)12-9-7(5)3-6(10)4-11-9/h2-4H,1H3,(H,11,12,13). The van der Waals surface area contributed by atoms with E-state index in [4.69, 9.17) is 0 Å². The van der Waals surface area contributed by atoms with E-state index in [2.05, 4.69) is 25.9 Å². The molecule has 4 heteroatoms. The van der Waals surface area contributed by atoms with Crippen LogP contribution in [0.3, 0.4) is 0 Å². The molecule has 0 bridgehead atoms. The second kappa shape index (κ2) is 2.96. The fourth-order valence-electron chi connectivity index (χ4n) is 1.27. The first-order valence-electron chi connectivity index (χ1n) is 3.82. The number of nitrogens with zero attached hydrogens (tertiary/aromatic N) is 1. The van der Waals surface area contributed by atoms with Crippen molar-refractivity contribution in [2.75, 3.05) is 0 Å². The van der Waals surface area contributed by atoms with Gasteiger partial charge >= 0.3 is 0 Å². The average molecular weight is 239 g/mol. The topological polar surface area (TPSA) is 45.8 Å². The molecule has 2 rings (SSSR count). The number of halogens is 1. The molecule has 2 heterocycles. The Balaban J connectivity index is 2.95. The van der Waals surface area contributed by atoms with Crippen LogP contribution in [0.15, 0.2) is 27.6 Å². The first-order valence-corrected chi connectivity index (χ1v) is 4.61. The second-order valence-corrected chi connectivity index (χ2v) is 3.78. The van der Waals surface area contributed by atoms with Crippen molar-refractivity contribution in [2.24, 2.45) is 0 Å². The number of fused-ring (bicyclic) bond motifs is 1. The molecule has 0 spiro atoms. The van der Waals surface area contributed by atoms with Gasteiger partial charge in [0.1, 0.15) is 5.65 Å². The molecular formula is C9H7BrN2O. The zero-order valence-electron chi connectivity index (χ0n) is 6.97. The highest BCUT2D eigenvalue weighted by Gasteiger charge is 2.00. The molecule has 66 valence electrons. The fourth-order valence-corrected chi connectivity index (χ4v) is 1.60. The van der Waals surface area contributed by atoms with Crippen LogP contribution < -0.4 is 5.56 Å². The molecule has 0 atom stereocenters. The van der Waals surface area contributed by atoms with Gasteiger partial charge in [-0.2, -0.15) is 0 Å². The maximum atomic E-state index is 11.1. The first kappa shape index (κ1) is 8.44. The van der Waals surface area contributed by atoms with E-state index in [1.54, 1.807) is 12.3 Å². The monoisotopic (exact) mass is 238 g/mol. The van der Waals surface area contributed by atoms with E-state index in [-0.39, 0.29) is 5.56 Å². The third kappa shape index (κ3) is 1.49. The molecule has 2 aromatic heterocycles. The number of hydrogen-bond donors (Lipinski definition) is 1. The number of aryl methyl sites for hydroxylation is 1. The normalized spacial score (nSPS) is 10.6. The minimum atomic E-state index is -0.111. The van der Waals surface area contributed by atoms with Crippen LogP contribution in [0.5, 0.6) is 0 Å². The highest BCUT2D eigenvalue weighted by molar-refractivity contribution is 9.10. The largest absolute Gasteiger partial charge is 0.307 e. The van der Waals surface area contributed by atoms with Crippen LogP contribution in [0, 0.1) is 6.92 Å². The number of rotatable bonds is 0. The zero-order valence-corrected chi connectivity index (χ0v) is 8.55. The Morgan fingerprint density at radius 1 is 1.46 bits per heavy atom. The SMILES string of the molecule is Cc1cc(=O)[nH]c2ncc(Br)cc12. The lowest BCUT2D eigenvalue weighted by atomic mass is 10.2. The van der Waals surface area contributed by atoms with Gasteiger partial charge in [0.05, 0.1) is 0 Å². The summed E-state index contributed by atoms with van der Waals surface area (Å²) in [7, 11) is 0. The summed E-state index contributed by atoms with van der Waals surface area (Å²) in [6.45, 7) is 1.89. The molecular weight excluding hydrogens is 232 g/mol. The molecule has 13 heavy (non-hydrogen) atoms. The molecule has 0 unspecified atom stereocenters. The molecule has 1 N–H and O–H groups in total. The third-order valence-corrected chi connectivity index (χ3v) is 2.30. The summed E-state index contributed by atoms with van der Waals surface area (Å²) in [6, 6.07) is 3.50. The third-order valence-electron chi connectivity index (χ3n) is 1.87. The number of H-pyrrole nitrogens is 1. The molecule has 0 radical (unpaired) electrons. The van der Waals surface area contributed by atoms with E-state index in [1.165, 1.54) is 0 Å². The molecule has 3 nitrogen and oxygen atoms in total. The van der Waals surface area contributed by atoms with Crippen molar-refractivity contribution in [2.45, 2.75) is 6.92 Å². The smallest absolute Gasteiger partial charge is 0.249 e. The van der Waals surface area contributed by atoms with Gasteiger partial charge in [-0.15, -0.1) is 0 Å². The van der Waals surface area contributed by atoms with E-state index in [9.17, 15) is 4.79 Å². The molecule has 0 aliphatic heterocycles. The highest BCUT2D eigenvalue weighted by Crippen LogP contribution is 2.17. The maximum absolute atomic E-state index is 11.1. The minimum absolute atomic E-state index is 0.111. The Morgan fingerprint density at radius 2 is 2.23 bits per heavy atom. The lowest BCUT2D eigenvalue weighted by Crippen LogP contribution is -2.05. The number of hydrogen-bond acceptors (Lipinski definition) is 2. The molecule has 0 fully saturated rings. The van der Waals surface area contributed by atoms with Crippen molar-refractivity contribution >= 4 is 27.0 Å². The molecule has 0 saturated heterocycles. The second-order valence-electron chi connectivity index (χ2n) is 2.87. The van der Waals surface area contributed by atoms with Gasteiger partial charge < -0.3 is 4.98 Å². The van der Waals surface area contributed by atoms with Crippen molar-refractivity contribution < 1.29 is 0 Å². The quantitative estimate of drug-likeness (QED) is 0.764. The Morgan fingerprint density at radius 3 is 3.00 bits per heavy atom. The predicted octanol–water partition coefficient (Wildman–Crippen LogP) is 1.99. The van der Waals surface area contributed by atoms with Crippen molar-refractivity contribution in [3.63, 3.8) is 0 Å². The van der Waals surface area contributed by atoms with Gasteiger partial charge in [-0.1, -0.05) is 0 Å². The number of nitrogens with one attached hydrogen (secondary N) is 1. The van der Waals surface area contributed by atoms with Gasteiger partial charge in [0.15, 0.2) is 0 Å². The van der Waals surface area contributed by atoms with Crippen LogP contribution >= 0.6 is 15.9 Å². The molecule has 0 aliphatic rings. The Bertz CT molecular complexity index is 518. The van der Waals surface area contributed by atoms with Crippen molar-refractivity contribution in [3.05, 3.63) is 38.7 Å². The summed E-state index contributed by atoms with van der Waals surface area (Å²) < 4.78 is 0.912. The summed E-state index contributed by atoms with van der Waals surface area (Å²) in [4.78, 5) is 17.9. The lowest BCUT2D eigenvalue weighted by Gasteiger charge is -2.00. The molecule has 2 aromatic rings. The summed E-state index contributed by atoms with van der Waals surface area (Å²) in [5, 5.41) is 0.967. The lowest BCUT2D eigenvalue weighted by molar-refractivity contribution is 1.21. The van der Waals surface area contributed by atoms with Gasteiger partial charge in [0.2, 0.25) is 5.56 Å². The highest BCUT2D eigenvalue weighted by atomic mass is 79.9. The Hall–Kier alpha value is -1.16. The maximum Gasteiger partial charge on any atom is 0.249 e. The minimum Gasteiger partial charge on any atom is -0.307 e. The van der Waals surface area contributed by atoms with Gasteiger partial charge in [-0.25, -0.2) is 4.98 Å². The van der Waals surface area contributed by atoms with E-state index in [0.717, 1.165) is 15.4 Å². The summed E-state index contributed by atoms with van der Waals surface area (Å²) in [5.41, 5.74) is 1.46. The zero-order chi connectivity index (χ0) is 9.42. The fraction of sp³-hybridized carbons (Fsp3) is 0.111. The van der Waals surface area contributed by atoms with Crippen LogP contribution in [-0.4, -0.2) is 9.97 Å². The molecule has 0 aromatic carbocycles. The van der Waals surface area contributed by atoms with Crippen LogP contribution in [-0.2, 0) is 0 Å². The summed E-state index contributed by atoms with van der Waals surface area (Å²) >= 11 is 3.33. The predicted molar refractivity (Wildman–Crippen MR) is 54.8 cm³/mol. The van der Waals surface area contributed by atoms with E-state index < -0.39 is 0 Å². The molecule has 0 amide bonds. The van der Waals surface area contributed by atoms with Gasteiger partial charge in [-0.3, -0.25) is 4.79 Å². The molecule has 0 aliphatic carbocycles.